The van der Waals surface area contributed by atoms with Crippen molar-refractivity contribution in [1.29, 1.82) is 0 Å². The molecule has 1 heterocycles. The van der Waals surface area contributed by atoms with Gasteiger partial charge in [-0.1, -0.05) is 12.8 Å². The fraction of sp³-hybridized carbons (Fsp3) is 0.583. The van der Waals surface area contributed by atoms with E-state index in [4.69, 9.17) is 5.73 Å². The van der Waals surface area contributed by atoms with E-state index in [2.05, 4.69) is 17.1 Å². The highest BCUT2D eigenvalue weighted by Crippen LogP contribution is 2.33. The van der Waals surface area contributed by atoms with Crippen LogP contribution >= 0.6 is 0 Å². The summed E-state index contributed by atoms with van der Waals surface area (Å²) in [5.41, 5.74) is 7.40. The third-order valence-corrected chi connectivity index (χ3v) is 2.89. The van der Waals surface area contributed by atoms with Crippen LogP contribution in [0.3, 0.4) is 0 Å². The summed E-state index contributed by atoms with van der Waals surface area (Å²) in [7, 11) is 0. The van der Waals surface area contributed by atoms with Crippen LogP contribution < -0.4 is 5.73 Å². The second-order valence-electron chi connectivity index (χ2n) is 4.33. The van der Waals surface area contributed by atoms with Crippen LogP contribution in [0.2, 0.25) is 0 Å². The molecule has 1 atom stereocenters. The molecule has 0 radical (unpaired) electrons. The third-order valence-electron chi connectivity index (χ3n) is 2.89. The standard InChI is InChI=1S/C12H18N2/c13-12(9-11-1-2-11)4-3-10-5-7-14-8-6-10/h5-8,11-12H,1-4,9,13H2. The summed E-state index contributed by atoms with van der Waals surface area (Å²) in [6.07, 6.45) is 9.94. The van der Waals surface area contributed by atoms with E-state index in [9.17, 15) is 0 Å². The van der Waals surface area contributed by atoms with E-state index in [1.54, 1.807) is 0 Å². The average molecular weight is 190 g/mol. The first-order valence-corrected chi connectivity index (χ1v) is 5.49. The van der Waals surface area contributed by atoms with Crippen molar-refractivity contribution in [2.75, 3.05) is 0 Å². The number of aromatic nitrogens is 1. The Bertz CT molecular complexity index is 267. The normalized spacial score (nSPS) is 18.1. The predicted octanol–water partition coefficient (Wildman–Crippen LogP) is 2.14. The van der Waals surface area contributed by atoms with Crippen molar-refractivity contribution in [2.24, 2.45) is 11.7 Å². The summed E-state index contributed by atoms with van der Waals surface area (Å²) in [4.78, 5) is 4.00. The molecule has 1 unspecified atom stereocenters. The molecule has 1 aromatic rings. The van der Waals surface area contributed by atoms with Gasteiger partial charge in [0.1, 0.15) is 0 Å². The lowest BCUT2D eigenvalue weighted by atomic mass is 10.0. The maximum atomic E-state index is 6.05. The van der Waals surface area contributed by atoms with E-state index in [-0.39, 0.29) is 0 Å². The van der Waals surface area contributed by atoms with Crippen molar-refractivity contribution in [3.8, 4) is 0 Å². The van der Waals surface area contributed by atoms with E-state index < -0.39 is 0 Å². The maximum absolute atomic E-state index is 6.05. The van der Waals surface area contributed by atoms with E-state index in [0.29, 0.717) is 6.04 Å². The molecule has 0 amide bonds. The average Bonchev–Trinajstić information content (AvgIpc) is 3.00. The fourth-order valence-electron chi connectivity index (χ4n) is 1.80. The first-order valence-electron chi connectivity index (χ1n) is 5.49. The molecule has 0 aromatic carbocycles. The molecule has 0 bridgehead atoms. The van der Waals surface area contributed by atoms with E-state index in [0.717, 1.165) is 18.8 Å². The van der Waals surface area contributed by atoms with Gasteiger partial charge in [-0.15, -0.1) is 0 Å². The smallest absolute Gasteiger partial charge is 0.0270 e. The first-order chi connectivity index (χ1) is 6.84. The summed E-state index contributed by atoms with van der Waals surface area (Å²) in [6.45, 7) is 0. The van der Waals surface area contributed by atoms with Crippen LogP contribution in [0.1, 0.15) is 31.2 Å². The van der Waals surface area contributed by atoms with Crippen molar-refractivity contribution in [3.05, 3.63) is 30.1 Å². The zero-order valence-corrected chi connectivity index (χ0v) is 8.52. The van der Waals surface area contributed by atoms with Gasteiger partial charge >= 0.3 is 0 Å². The monoisotopic (exact) mass is 190 g/mol. The molecular weight excluding hydrogens is 172 g/mol. The van der Waals surface area contributed by atoms with Crippen molar-refractivity contribution in [1.82, 2.24) is 4.98 Å². The van der Waals surface area contributed by atoms with Gasteiger partial charge in [-0.25, -0.2) is 0 Å². The molecule has 0 spiro atoms. The summed E-state index contributed by atoms with van der Waals surface area (Å²) in [6, 6.07) is 4.55. The molecule has 0 saturated heterocycles. The van der Waals surface area contributed by atoms with E-state index >= 15 is 0 Å². The molecule has 2 nitrogen and oxygen atoms in total. The van der Waals surface area contributed by atoms with E-state index in [1.807, 2.05) is 12.4 Å². The fourth-order valence-corrected chi connectivity index (χ4v) is 1.80. The van der Waals surface area contributed by atoms with E-state index in [1.165, 1.54) is 24.8 Å². The number of pyridine rings is 1. The lowest BCUT2D eigenvalue weighted by molar-refractivity contribution is 0.533. The highest BCUT2D eigenvalue weighted by atomic mass is 14.6. The number of rotatable bonds is 5. The third kappa shape index (κ3) is 3.11. The Hall–Kier alpha value is -0.890. The Labute approximate surface area is 85.5 Å². The molecular formula is C12H18N2. The van der Waals surface area contributed by atoms with Crippen molar-refractivity contribution in [2.45, 2.75) is 38.1 Å². The van der Waals surface area contributed by atoms with Crippen molar-refractivity contribution < 1.29 is 0 Å². The zero-order valence-electron chi connectivity index (χ0n) is 8.52. The van der Waals surface area contributed by atoms with Gasteiger partial charge in [0.05, 0.1) is 0 Å². The molecule has 1 saturated carbocycles. The summed E-state index contributed by atoms with van der Waals surface area (Å²) < 4.78 is 0. The number of hydrogen-bond acceptors (Lipinski definition) is 2. The molecule has 14 heavy (non-hydrogen) atoms. The summed E-state index contributed by atoms with van der Waals surface area (Å²) >= 11 is 0. The summed E-state index contributed by atoms with van der Waals surface area (Å²) in [5.74, 6) is 0.947. The zero-order chi connectivity index (χ0) is 9.80. The first kappa shape index (κ1) is 9.66. The number of hydrogen-bond donors (Lipinski definition) is 1. The van der Waals surface area contributed by atoms with Crippen molar-refractivity contribution in [3.63, 3.8) is 0 Å². The molecule has 1 aliphatic carbocycles. The SMILES string of the molecule is NC(CCc1ccncc1)CC1CC1. The number of nitrogens with two attached hydrogens (primary N) is 1. The largest absolute Gasteiger partial charge is 0.328 e. The van der Waals surface area contributed by atoms with Gasteiger partial charge in [0.25, 0.3) is 0 Å². The quantitative estimate of drug-likeness (QED) is 0.772. The Morgan fingerprint density at radius 2 is 2.07 bits per heavy atom. The Morgan fingerprint density at radius 3 is 2.71 bits per heavy atom. The molecule has 76 valence electrons. The molecule has 1 fully saturated rings. The van der Waals surface area contributed by atoms with Gasteiger partial charge < -0.3 is 5.73 Å². The minimum atomic E-state index is 0.399. The van der Waals surface area contributed by atoms with Gasteiger partial charge in [0.2, 0.25) is 0 Å². The predicted molar refractivity (Wildman–Crippen MR) is 57.9 cm³/mol. The van der Waals surface area contributed by atoms with Gasteiger partial charge in [-0.05, 0) is 42.9 Å². The van der Waals surface area contributed by atoms with Crippen LogP contribution in [0.15, 0.2) is 24.5 Å². The Morgan fingerprint density at radius 1 is 1.36 bits per heavy atom. The van der Waals surface area contributed by atoms with Crippen LogP contribution in [0.25, 0.3) is 0 Å². The number of nitrogens with zero attached hydrogens (tertiary/aromatic N) is 1. The Kier molecular flexibility index (Phi) is 3.14. The van der Waals surface area contributed by atoms with Crippen LogP contribution in [0.4, 0.5) is 0 Å². The van der Waals surface area contributed by atoms with Gasteiger partial charge in [-0.2, -0.15) is 0 Å². The van der Waals surface area contributed by atoms with Crippen LogP contribution in [-0.2, 0) is 6.42 Å². The maximum Gasteiger partial charge on any atom is 0.0270 e. The topological polar surface area (TPSA) is 38.9 Å². The van der Waals surface area contributed by atoms with Gasteiger partial charge in [0, 0.05) is 18.4 Å². The van der Waals surface area contributed by atoms with Crippen molar-refractivity contribution >= 4 is 0 Å². The molecule has 0 aliphatic heterocycles. The highest BCUT2D eigenvalue weighted by Gasteiger charge is 2.23. The van der Waals surface area contributed by atoms with Crippen LogP contribution in [-0.4, -0.2) is 11.0 Å². The van der Waals surface area contributed by atoms with Gasteiger partial charge in [0.15, 0.2) is 0 Å². The molecule has 1 aromatic heterocycles. The number of aryl methyl sites for hydroxylation is 1. The van der Waals surface area contributed by atoms with Gasteiger partial charge in [-0.3, -0.25) is 4.98 Å². The lowest BCUT2D eigenvalue weighted by Gasteiger charge is -2.10. The second kappa shape index (κ2) is 4.56. The lowest BCUT2D eigenvalue weighted by Crippen LogP contribution is -2.21. The Balaban J connectivity index is 1.70. The second-order valence-corrected chi connectivity index (χ2v) is 4.33. The molecule has 1 aliphatic rings. The minimum absolute atomic E-state index is 0.399. The van der Waals surface area contributed by atoms with Crippen LogP contribution in [0, 0.1) is 5.92 Å². The highest BCUT2D eigenvalue weighted by molar-refractivity contribution is 5.09. The molecule has 2 heteroatoms. The molecule has 2 rings (SSSR count). The van der Waals surface area contributed by atoms with Crippen LogP contribution in [0.5, 0.6) is 0 Å². The minimum Gasteiger partial charge on any atom is -0.328 e. The summed E-state index contributed by atoms with van der Waals surface area (Å²) in [5, 5.41) is 0. The molecule has 2 N–H and O–H groups in total.